The van der Waals surface area contributed by atoms with Crippen LogP contribution in [0.2, 0.25) is 0 Å². The van der Waals surface area contributed by atoms with Gasteiger partial charge < -0.3 is 9.64 Å². The van der Waals surface area contributed by atoms with Gasteiger partial charge in [0.25, 0.3) is 0 Å². The molecule has 0 radical (unpaired) electrons. The van der Waals surface area contributed by atoms with Gasteiger partial charge in [-0.1, -0.05) is 10.3 Å². The molecular weight excluding hydrogens is 320 g/mol. The predicted octanol–water partition coefficient (Wildman–Crippen LogP) is 2.58. The third kappa shape index (κ3) is 2.90. The minimum Gasteiger partial charge on any atom is -0.497 e. The summed E-state index contributed by atoms with van der Waals surface area (Å²) in [5, 5.41) is 16.3. The molecule has 4 rings (SSSR count). The van der Waals surface area contributed by atoms with E-state index in [1.807, 2.05) is 31.2 Å². The van der Waals surface area contributed by atoms with Gasteiger partial charge in [-0.25, -0.2) is 9.61 Å². The first-order valence-electron chi connectivity index (χ1n) is 8.16. The molecule has 2 aromatic heterocycles. The highest BCUT2D eigenvalue weighted by molar-refractivity contribution is 5.60. The molecule has 0 N–H and O–H groups in total. The smallest absolute Gasteiger partial charge is 0.246 e. The minimum atomic E-state index is 0.0687. The van der Waals surface area contributed by atoms with Crippen LogP contribution in [0.15, 0.2) is 35.1 Å². The van der Waals surface area contributed by atoms with Crippen molar-refractivity contribution in [3.63, 3.8) is 0 Å². The van der Waals surface area contributed by atoms with Crippen molar-refractivity contribution in [1.29, 1.82) is 0 Å². The summed E-state index contributed by atoms with van der Waals surface area (Å²) in [5.41, 5.74) is 3.38. The second-order valence-corrected chi connectivity index (χ2v) is 5.96. The number of benzene rings is 1. The summed E-state index contributed by atoms with van der Waals surface area (Å²) < 4.78 is 10.1. The number of hydrogen-bond donors (Lipinski definition) is 0. The largest absolute Gasteiger partial charge is 0.497 e. The van der Waals surface area contributed by atoms with Crippen LogP contribution in [0.25, 0.3) is 11.3 Å². The van der Waals surface area contributed by atoms with Gasteiger partial charge in [0.05, 0.1) is 25.0 Å². The quantitative estimate of drug-likeness (QED) is 0.717. The molecule has 25 heavy (non-hydrogen) atoms. The molecule has 1 aliphatic rings. The molecule has 0 spiro atoms. The fraction of sp³-hybridized carbons (Fsp3) is 0.353. The topological polar surface area (TPSA) is 90.1 Å². The lowest BCUT2D eigenvalue weighted by Crippen LogP contribution is -2.25. The zero-order chi connectivity index (χ0) is 17.2. The first kappa shape index (κ1) is 15.5. The van der Waals surface area contributed by atoms with Crippen LogP contribution in [-0.4, -0.2) is 39.1 Å². The molecule has 1 atom stereocenters. The second kappa shape index (κ2) is 6.46. The number of ether oxygens (including phenoxy) is 1. The molecule has 8 heteroatoms. The maximum atomic E-state index is 5.20. The van der Waals surface area contributed by atoms with Crippen LogP contribution in [-0.2, 0) is 0 Å². The van der Waals surface area contributed by atoms with E-state index in [2.05, 4.69) is 25.4 Å². The fourth-order valence-corrected chi connectivity index (χ4v) is 3.15. The minimum absolute atomic E-state index is 0.0687. The van der Waals surface area contributed by atoms with E-state index in [9.17, 15) is 0 Å². The van der Waals surface area contributed by atoms with Crippen LogP contribution in [0.3, 0.4) is 0 Å². The molecule has 3 heterocycles. The highest BCUT2D eigenvalue weighted by Crippen LogP contribution is 2.34. The summed E-state index contributed by atoms with van der Waals surface area (Å²) in [6.07, 6.45) is 3.66. The van der Waals surface area contributed by atoms with Crippen LogP contribution in [0.5, 0.6) is 5.75 Å². The molecule has 128 valence electrons. The van der Waals surface area contributed by atoms with Crippen molar-refractivity contribution in [2.45, 2.75) is 25.8 Å². The third-order valence-corrected chi connectivity index (χ3v) is 4.45. The number of rotatable bonds is 4. The summed E-state index contributed by atoms with van der Waals surface area (Å²) in [6, 6.07) is 7.79. The van der Waals surface area contributed by atoms with Crippen molar-refractivity contribution in [2.75, 3.05) is 18.6 Å². The first-order chi connectivity index (χ1) is 12.3. The first-order valence-corrected chi connectivity index (χ1v) is 8.16. The maximum absolute atomic E-state index is 5.20. The monoisotopic (exact) mass is 338 g/mol. The maximum Gasteiger partial charge on any atom is 0.246 e. The number of aryl methyl sites for hydroxylation is 1. The lowest BCUT2D eigenvalue weighted by Gasteiger charge is -2.22. The summed E-state index contributed by atoms with van der Waals surface area (Å²) in [5.74, 6) is 1.40. The van der Waals surface area contributed by atoms with E-state index in [0.717, 1.165) is 47.8 Å². The highest BCUT2D eigenvalue weighted by Gasteiger charge is 2.32. The molecule has 0 aliphatic carbocycles. The third-order valence-electron chi connectivity index (χ3n) is 4.45. The van der Waals surface area contributed by atoms with Gasteiger partial charge in [0.15, 0.2) is 0 Å². The molecule has 1 aromatic carbocycles. The molecule has 1 saturated heterocycles. The van der Waals surface area contributed by atoms with E-state index in [1.165, 1.54) is 0 Å². The fourth-order valence-electron chi connectivity index (χ4n) is 3.15. The van der Waals surface area contributed by atoms with Gasteiger partial charge >= 0.3 is 0 Å². The van der Waals surface area contributed by atoms with E-state index in [-0.39, 0.29) is 6.04 Å². The molecule has 0 amide bonds. The summed E-state index contributed by atoms with van der Waals surface area (Å²) in [6.45, 7) is 2.75. The Labute approximate surface area is 144 Å². The number of methoxy groups -OCH3 is 1. The van der Waals surface area contributed by atoms with Crippen LogP contribution < -0.4 is 9.64 Å². The predicted molar refractivity (Wildman–Crippen MR) is 90.2 cm³/mol. The Hall–Kier alpha value is -3.03. The Balaban J connectivity index is 1.65. The van der Waals surface area contributed by atoms with Crippen molar-refractivity contribution >= 4 is 5.95 Å². The summed E-state index contributed by atoms with van der Waals surface area (Å²) in [4.78, 5) is 6.82. The second-order valence-electron chi connectivity index (χ2n) is 5.96. The summed E-state index contributed by atoms with van der Waals surface area (Å²) in [7, 11) is 1.65. The van der Waals surface area contributed by atoms with Crippen molar-refractivity contribution in [1.82, 2.24) is 25.5 Å². The Morgan fingerprint density at radius 3 is 2.76 bits per heavy atom. The number of anilines is 1. The molecule has 8 nitrogen and oxygen atoms in total. The van der Waals surface area contributed by atoms with Gasteiger partial charge in [-0.05, 0) is 44.0 Å². The molecule has 1 aliphatic heterocycles. The molecule has 1 unspecified atom stereocenters. The van der Waals surface area contributed by atoms with Gasteiger partial charge in [0, 0.05) is 12.1 Å². The van der Waals surface area contributed by atoms with E-state index >= 15 is 0 Å². The lowest BCUT2D eigenvalue weighted by molar-refractivity contribution is 0.299. The molecule has 0 saturated carbocycles. The van der Waals surface area contributed by atoms with Gasteiger partial charge in [0.2, 0.25) is 5.95 Å². The normalized spacial score (nSPS) is 17.0. The van der Waals surface area contributed by atoms with Crippen molar-refractivity contribution in [3.05, 3.63) is 41.9 Å². The standard InChI is InChI=1S/C17H18N6O2/c1-11-16(22-25-21-11)15-4-3-9-23(15)17-19-14(10-18-20-17)12-5-7-13(24-2)8-6-12/h5-8,10,15H,3-4,9H2,1-2H3. The highest BCUT2D eigenvalue weighted by atomic mass is 16.6. The Kier molecular flexibility index (Phi) is 4.01. The van der Waals surface area contributed by atoms with Gasteiger partial charge in [0.1, 0.15) is 17.1 Å². The summed E-state index contributed by atoms with van der Waals surface area (Å²) >= 11 is 0. The van der Waals surface area contributed by atoms with Gasteiger partial charge in [-0.3, -0.25) is 0 Å². The lowest BCUT2D eigenvalue weighted by atomic mass is 10.1. The van der Waals surface area contributed by atoms with Crippen LogP contribution in [0.4, 0.5) is 5.95 Å². The van der Waals surface area contributed by atoms with Gasteiger partial charge in [-0.2, -0.15) is 5.10 Å². The van der Waals surface area contributed by atoms with Crippen molar-refractivity contribution < 1.29 is 9.37 Å². The van der Waals surface area contributed by atoms with E-state index < -0.39 is 0 Å². The molecule has 0 bridgehead atoms. The Morgan fingerprint density at radius 1 is 1.20 bits per heavy atom. The molecule has 1 fully saturated rings. The molecule has 3 aromatic rings. The van der Waals surface area contributed by atoms with E-state index in [1.54, 1.807) is 13.3 Å². The van der Waals surface area contributed by atoms with E-state index in [0.29, 0.717) is 5.95 Å². The van der Waals surface area contributed by atoms with Crippen LogP contribution >= 0.6 is 0 Å². The van der Waals surface area contributed by atoms with Crippen molar-refractivity contribution in [3.8, 4) is 17.0 Å². The van der Waals surface area contributed by atoms with Crippen LogP contribution in [0.1, 0.15) is 30.3 Å². The van der Waals surface area contributed by atoms with Gasteiger partial charge in [-0.15, -0.1) is 5.10 Å². The van der Waals surface area contributed by atoms with Crippen LogP contribution in [0, 0.1) is 6.92 Å². The number of aromatic nitrogens is 5. The number of hydrogen-bond acceptors (Lipinski definition) is 8. The Morgan fingerprint density at radius 2 is 2.04 bits per heavy atom. The average Bonchev–Trinajstić information content (AvgIpc) is 3.30. The number of nitrogens with zero attached hydrogens (tertiary/aromatic N) is 6. The van der Waals surface area contributed by atoms with E-state index in [4.69, 9.17) is 14.3 Å². The van der Waals surface area contributed by atoms with Crippen molar-refractivity contribution in [2.24, 2.45) is 0 Å². The zero-order valence-corrected chi connectivity index (χ0v) is 14.1. The Bertz CT molecular complexity index is 864. The zero-order valence-electron chi connectivity index (χ0n) is 14.1. The average molecular weight is 338 g/mol. The molecular formula is C17H18N6O2. The SMILES string of the molecule is COc1ccc(-c2cnnc(N3CCCC3c3nonc3C)n2)cc1.